The zero-order valence-electron chi connectivity index (χ0n) is 6.42. The van der Waals surface area contributed by atoms with Crippen LogP contribution in [-0.2, 0) is 11.2 Å². The first-order valence-corrected chi connectivity index (χ1v) is 5.55. The average molecular weight is 404 g/mol. The van der Waals surface area contributed by atoms with E-state index in [1.807, 2.05) is 45.2 Å². The second-order valence-electron chi connectivity index (χ2n) is 2.44. The number of benzene rings is 1. The van der Waals surface area contributed by atoms with Gasteiger partial charge >= 0.3 is 5.97 Å². The molecular weight excluding hydrogens is 398 g/mol. The first kappa shape index (κ1) is 11.0. The van der Waals surface area contributed by atoms with E-state index in [9.17, 15) is 9.90 Å². The van der Waals surface area contributed by atoms with E-state index < -0.39 is 5.97 Å². The molecule has 0 atom stereocenters. The van der Waals surface area contributed by atoms with Crippen molar-refractivity contribution in [1.82, 2.24) is 0 Å². The summed E-state index contributed by atoms with van der Waals surface area (Å²) < 4.78 is 1.51. The van der Waals surface area contributed by atoms with Gasteiger partial charge in [-0.2, -0.15) is 0 Å². The van der Waals surface area contributed by atoms with Crippen LogP contribution in [0.2, 0.25) is 0 Å². The van der Waals surface area contributed by atoms with Crippen LogP contribution < -0.4 is 0 Å². The molecule has 0 aliphatic carbocycles. The van der Waals surface area contributed by atoms with Gasteiger partial charge in [-0.1, -0.05) is 6.07 Å². The van der Waals surface area contributed by atoms with E-state index in [1.54, 1.807) is 6.07 Å². The molecule has 0 amide bonds. The summed E-state index contributed by atoms with van der Waals surface area (Å²) in [5.74, 6) is -0.668. The van der Waals surface area contributed by atoms with Crippen molar-refractivity contribution < 1.29 is 15.0 Å². The lowest BCUT2D eigenvalue weighted by molar-refractivity contribution is -0.136. The standard InChI is InChI=1S/C8H6I2O3/c9-7-4(3-6(12)13)1-2-5(11)8(7)10/h1-2,11H,3H2,(H,12,13). The highest BCUT2D eigenvalue weighted by molar-refractivity contribution is 14.1. The number of rotatable bonds is 2. The lowest BCUT2D eigenvalue weighted by Crippen LogP contribution is -2.02. The van der Waals surface area contributed by atoms with Crippen molar-refractivity contribution in [1.29, 1.82) is 0 Å². The van der Waals surface area contributed by atoms with Gasteiger partial charge in [0.1, 0.15) is 5.75 Å². The molecular formula is C8H6I2O3. The molecule has 0 radical (unpaired) electrons. The van der Waals surface area contributed by atoms with Gasteiger partial charge in [0.25, 0.3) is 0 Å². The van der Waals surface area contributed by atoms with Crippen LogP contribution in [0.25, 0.3) is 0 Å². The fourth-order valence-electron chi connectivity index (χ4n) is 0.879. The van der Waals surface area contributed by atoms with Gasteiger partial charge in [-0.25, -0.2) is 0 Å². The lowest BCUT2D eigenvalue weighted by Gasteiger charge is -2.05. The summed E-state index contributed by atoms with van der Waals surface area (Å²) in [5.41, 5.74) is 0.732. The van der Waals surface area contributed by atoms with Gasteiger partial charge in [0.05, 0.1) is 9.99 Å². The number of hydrogen-bond acceptors (Lipinski definition) is 2. The van der Waals surface area contributed by atoms with E-state index in [0.29, 0.717) is 3.57 Å². The number of carbonyl (C=O) groups is 1. The van der Waals surface area contributed by atoms with Crippen LogP contribution in [0.5, 0.6) is 5.75 Å². The van der Waals surface area contributed by atoms with Crippen molar-refractivity contribution in [2.45, 2.75) is 6.42 Å². The highest BCUT2D eigenvalue weighted by atomic mass is 127. The summed E-state index contributed by atoms with van der Waals surface area (Å²) in [5, 5.41) is 17.9. The van der Waals surface area contributed by atoms with E-state index in [4.69, 9.17) is 5.11 Å². The fourth-order valence-corrected chi connectivity index (χ4v) is 2.05. The van der Waals surface area contributed by atoms with Gasteiger partial charge in [0, 0.05) is 3.57 Å². The Morgan fingerprint density at radius 1 is 1.31 bits per heavy atom. The van der Waals surface area contributed by atoms with Gasteiger partial charge < -0.3 is 10.2 Å². The molecule has 1 rings (SSSR count). The molecule has 70 valence electrons. The zero-order valence-corrected chi connectivity index (χ0v) is 10.7. The van der Waals surface area contributed by atoms with Crippen LogP contribution in [0, 0.1) is 7.14 Å². The molecule has 1 aromatic rings. The lowest BCUT2D eigenvalue weighted by atomic mass is 10.1. The third-order valence-electron chi connectivity index (χ3n) is 1.48. The van der Waals surface area contributed by atoms with E-state index in [2.05, 4.69) is 0 Å². The highest BCUT2D eigenvalue weighted by Gasteiger charge is 2.10. The number of carboxylic acids is 1. The molecule has 0 aromatic heterocycles. The summed E-state index contributed by atoms with van der Waals surface area (Å²) in [6.07, 6.45) is -0.00540. The normalized spacial score (nSPS) is 10.0. The van der Waals surface area contributed by atoms with Crippen LogP contribution in [0.1, 0.15) is 5.56 Å². The van der Waals surface area contributed by atoms with E-state index in [-0.39, 0.29) is 12.2 Å². The van der Waals surface area contributed by atoms with Crippen molar-refractivity contribution in [3.63, 3.8) is 0 Å². The fraction of sp³-hybridized carbons (Fsp3) is 0.125. The molecule has 0 bridgehead atoms. The van der Waals surface area contributed by atoms with Gasteiger partial charge in [-0.15, -0.1) is 0 Å². The highest BCUT2D eigenvalue weighted by Crippen LogP contribution is 2.27. The van der Waals surface area contributed by atoms with Crippen LogP contribution in [0.4, 0.5) is 0 Å². The Bertz CT molecular complexity index is 349. The monoisotopic (exact) mass is 404 g/mol. The van der Waals surface area contributed by atoms with Crippen LogP contribution in [0.3, 0.4) is 0 Å². The largest absolute Gasteiger partial charge is 0.507 e. The van der Waals surface area contributed by atoms with Gasteiger partial charge in [0.2, 0.25) is 0 Å². The Hall–Kier alpha value is -0.0500. The maximum absolute atomic E-state index is 10.4. The maximum Gasteiger partial charge on any atom is 0.307 e. The van der Waals surface area contributed by atoms with E-state index >= 15 is 0 Å². The number of aliphatic carboxylic acids is 1. The predicted octanol–water partition coefficient (Wildman–Crippen LogP) is 2.23. The molecule has 0 aliphatic heterocycles. The molecule has 0 unspecified atom stereocenters. The minimum Gasteiger partial charge on any atom is -0.507 e. The summed E-state index contributed by atoms with van der Waals surface area (Å²) >= 11 is 4.02. The molecule has 13 heavy (non-hydrogen) atoms. The predicted molar refractivity (Wildman–Crippen MR) is 64.9 cm³/mol. The summed E-state index contributed by atoms with van der Waals surface area (Å²) in [6, 6.07) is 3.15. The second kappa shape index (κ2) is 4.45. The smallest absolute Gasteiger partial charge is 0.307 e. The number of aromatic hydroxyl groups is 1. The Labute approximate surface area is 102 Å². The Balaban J connectivity index is 3.10. The molecule has 0 fully saturated rings. The molecule has 0 saturated heterocycles. The molecule has 3 nitrogen and oxygen atoms in total. The van der Waals surface area contributed by atoms with Crippen LogP contribution in [0.15, 0.2) is 12.1 Å². The topological polar surface area (TPSA) is 57.5 Å². The molecule has 0 saturated carbocycles. The number of halogens is 2. The SMILES string of the molecule is O=C(O)Cc1ccc(O)c(I)c1I. The van der Waals surface area contributed by atoms with Crippen molar-refractivity contribution in [3.05, 3.63) is 24.8 Å². The van der Waals surface area contributed by atoms with Crippen LogP contribution >= 0.6 is 45.2 Å². The molecule has 5 heteroatoms. The Morgan fingerprint density at radius 2 is 1.92 bits per heavy atom. The Morgan fingerprint density at radius 3 is 2.46 bits per heavy atom. The number of phenols is 1. The molecule has 0 spiro atoms. The Kier molecular flexibility index (Phi) is 3.77. The molecule has 2 N–H and O–H groups in total. The number of carboxylic acid groups (broad SMARTS) is 1. The zero-order chi connectivity index (χ0) is 10.0. The van der Waals surface area contributed by atoms with Crippen LogP contribution in [-0.4, -0.2) is 16.2 Å². The van der Waals surface area contributed by atoms with E-state index in [0.717, 1.165) is 9.13 Å². The van der Waals surface area contributed by atoms with Gasteiger partial charge in [0.15, 0.2) is 0 Å². The third kappa shape index (κ3) is 2.70. The van der Waals surface area contributed by atoms with Crippen molar-refractivity contribution in [3.8, 4) is 5.75 Å². The van der Waals surface area contributed by atoms with Gasteiger partial charge in [-0.05, 0) is 56.8 Å². The van der Waals surface area contributed by atoms with Crippen molar-refractivity contribution >= 4 is 51.2 Å². The first-order chi connectivity index (χ1) is 6.02. The minimum absolute atomic E-state index is 0.00540. The summed E-state index contributed by atoms with van der Waals surface area (Å²) in [4.78, 5) is 10.4. The number of hydrogen-bond donors (Lipinski definition) is 2. The van der Waals surface area contributed by atoms with Crippen molar-refractivity contribution in [2.75, 3.05) is 0 Å². The van der Waals surface area contributed by atoms with E-state index in [1.165, 1.54) is 6.07 Å². The molecule has 1 aromatic carbocycles. The summed E-state index contributed by atoms with van der Waals surface area (Å²) in [6.45, 7) is 0. The quantitative estimate of drug-likeness (QED) is 0.744. The molecule has 0 heterocycles. The first-order valence-electron chi connectivity index (χ1n) is 3.40. The minimum atomic E-state index is -0.862. The maximum atomic E-state index is 10.4. The average Bonchev–Trinajstić information content (AvgIpc) is 2.06. The van der Waals surface area contributed by atoms with Gasteiger partial charge in [-0.3, -0.25) is 4.79 Å². The van der Waals surface area contributed by atoms with Crippen molar-refractivity contribution in [2.24, 2.45) is 0 Å². The third-order valence-corrected chi connectivity index (χ3v) is 4.84. The molecule has 0 aliphatic rings. The second-order valence-corrected chi connectivity index (χ2v) is 4.60. The number of phenolic OH excluding ortho intramolecular Hbond substituents is 1. The summed E-state index contributed by atoms with van der Waals surface area (Å²) in [7, 11) is 0.